The van der Waals surface area contributed by atoms with Crippen LogP contribution >= 0.6 is 11.8 Å². The standard InChI is InChI=1S/C8H18O2.C2H6S/c1-7(2)5-8(3)6-10-9-4;1-3-2/h7-8H,5-6H2,1-4H3;1-2H3. The first-order valence-electron chi connectivity index (χ1n) is 4.64. The summed E-state index contributed by atoms with van der Waals surface area (Å²) in [5, 5.41) is 0. The first kappa shape index (κ1) is 15.7. The number of hydrogen-bond acceptors (Lipinski definition) is 3. The van der Waals surface area contributed by atoms with E-state index in [1.54, 1.807) is 18.9 Å². The van der Waals surface area contributed by atoms with Gasteiger partial charge >= 0.3 is 0 Å². The molecule has 13 heavy (non-hydrogen) atoms. The highest BCUT2D eigenvalue weighted by Gasteiger charge is 2.04. The molecule has 0 aliphatic heterocycles. The molecule has 0 bridgehead atoms. The summed E-state index contributed by atoms with van der Waals surface area (Å²) in [6.45, 7) is 7.29. The van der Waals surface area contributed by atoms with Crippen molar-refractivity contribution in [1.29, 1.82) is 0 Å². The van der Waals surface area contributed by atoms with Gasteiger partial charge in [0.2, 0.25) is 0 Å². The second kappa shape index (κ2) is 12.3. The molecule has 1 atom stereocenters. The molecule has 0 aliphatic carbocycles. The Labute approximate surface area is 87.3 Å². The normalized spacial score (nSPS) is 12.2. The zero-order chi connectivity index (χ0) is 10.7. The van der Waals surface area contributed by atoms with E-state index in [1.165, 1.54) is 6.42 Å². The summed E-state index contributed by atoms with van der Waals surface area (Å²) in [4.78, 5) is 9.29. The molecule has 0 rings (SSSR count). The van der Waals surface area contributed by atoms with Crippen molar-refractivity contribution in [2.24, 2.45) is 11.8 Å². The second-order valence-corrected chi connectivity index (χ2v) is 4.41. The van der Waals surface area contributed by atoms with Crippen LogP contribution in [0.3, 0.4) is 0 Å². The van der Waals surface area contributed by atoms with Gasteiger partial charge in [0.25, 0.3) is 0 Å². The van der Waals surface area contributed by atoms with E-state index in [1.807, 2.05) is 12.5 Å². The van der Waals surface area contributed by atoms with Crippen molar-refractivity contribution in [2.45, 2.75) is 27.2 Å². The summed E-state index contributed by atoms with van der Waals surface area (Å²) in [6.07, 6.45) is 5.28. The molecule has 0 aromatic heterocycles. The van der Waals surface area contributed by atoms with Crippen LogP contribution in [0.5, 0.6) is 0 Å². The quantitative estimate of drug-likeness (QED) is 0.510. The average Bonchev–Trinajstić information content (AvgIpc) is 2.01. The monoisotopic (exact) mass is 208 g/mol. The molecule has 0 N–H and O–H groups in total. The third-order valence-corrected chi connectivity index (χ3v) is 1.34. The highest BCUT2D eigenvalue weighted by Crippen LogP contribution is 2.10. The van der Waals surface area contributed by atoms with Crippen molar-refractivity contribution in [3.8, 4) is 0 Å². The van der Waals surface area contributed by atoms with Gasteiger partial charge in [-0.3, -0.25) is 0 Å². The van der Waals surface area contributed by atoms with E-state index in [2.05, 4.69) is 25.7 Å². The van der Waals surface area contributed by atoms with E-state index in [4.69, 9.17) is 4.89 Å². The van der Waals surface area contributed by atoms with Crippen LogP contribution in [-0.4, -0.2) is 26.2 Å². The average molecular weight is 208 g/mol. The van der Waals surface area contributed by atoms with Crippen LogP contribution in [0, 0.1) is 11.8 Å². The van der Waals surface area contributed by atoms with E-state index >= 15 is 0 Å². The van der Waals surface area contributed by atoms with E-state index in [0.29, 0.717) is 12.5 Å². The van der Waals surface area contributed by atoms with Crippen molar-refractivity contribution >= 4 is 11.8 Å². The summed E-state index contributed by atoms with van der Waals surface area (Å²) in [5.41, 5.74) is 0. The molecule has 0 heterocycles. The van der Waals surface area contributed by atoms with Crippen LogP contribution in [0.15, 0.2) is 0 Å². The Morgan fingerprint density at radius 1 is 1.15 bits per heavy atom. The molecule has 0 saturated heterocycles. The first-order chi connectivity index (χ1) is 6.08. The fourth-order valence-electron chi connectivity index (χ4n) is 1.06. The Kier molecular flexibility index (Phi) is 14.8. The van der Waals surface area contributed by atoms with Crippen molar-refractivity contribution in [1.82, 2.24) is 0 Å². The van der Waals surface area contributed by atoms with Crippen LogP contribution in [0.4, 0.5) is 0 Å². The lowest BCUT2D eigenvalue weighted by Crippen LogP contribution is -2.07. The van der Waals surface area contributed by atoms with Crippen molar-refractivity contribution in [3.63, 3.8) is 0 Å². The molecular formula is C10H24O2S. The molecule has 3 heteroatoms. The zero-order valence-corrected chi connectivity index (χ0v) is 10.6. The maximum absolute atomic E-state index is 4.80. The topological polar surface area (TPSA) is 18.5 Å². The Bertz CT molecular complexity index is 87.0. The van der Waals surface area contributed by atoms with Crippen LogP contribution in [-0.2, 0) is 9.78 Å². The van der Waals surface area contributed by atoms with Gasteiger partial charge in [0.05, 0.1) is 13.7 Å². The van der Waals surface area contributed by atoms with Gasteiger partial charge in [-0.2, -0.15) is 11.8 Å². The first-order valence-corrected chi connectivity index (χ1v) is 6.27. The Hall–Kier alpha value is 0.270. The minimum Gasteiger partial charge on any atom is -0.240 e. The molecule has 1 unspecified atom stereocenters. The smallest absolute Gasteiger partial charge is 0.0847 e. The van der Waals surface area contributed by atoms with Gasteiger partial charge in [0.15, 0.2) is 0 Å². The van der Waals surface area contributed by atoms with Gasteiger partial charge in [-0.1, -0.05) is 20.8 Å². The molecule has 0 aromatic rings. The highest BCUT2D eigenvalue weighted by molar-refractivity contribution is 7.97. The SMILES string of the molecule is COOCC(C)CC(C)C.CSC. The molecule has 2 nitrogen and oxygen atoms in total. The molecular weight excluding hydrogens is 184 g/mol. The lowest BCUT2D eigenvalue weighted by Gasteiger charge is -2.11. The Morgan fingerprint density at radius 2 is 1.62 bits per heavy atom. The Morgan fingerprint density at radius 3 is 1.92 bits per heavy atom. The van der Waals surface area contributed by atoms with Gasteiger partial charge in [-0.05, 0) is 30.8 Å². The molecule has 0 fully saturated rings. The molecule has 0 radical (unpaired) electrons. The molecule has 82 valence electrons. The zero-order valence-electron chi connectivity index (χ0n) is 9.79. The molecule has 0 saturated carbocycles. The second-order valence-electron chi connectivity index (χ2n) is 3.59. The van der Waals surface area contributed by atoms with Gasteiger partial charge in [-0.15, -0.1) is 0 Å². The summed E-state index contributed by atoms with van der Waals surface area (Å²) in [7, 11) is 1.54. The molecule has 0 aliphatic rings. The summed E-state index contributed by atoms with van der Waals surface area (Å²) in [5.74, 6) is 1.34. The minimum absolute atomic E-state index is 0.597. The van der Waals surface area contributed by atoms with Gasteiger partial charge in [-0.25, -0.2) is 9.78 Å². The minimum atomic E-state index is 0.597. The molecule has 0 amide bonds. The third kappa shape index (κ3) is 18.9. The summed E-state index contributed by atoms with van der Waals surface area (Å²) < 4.78 is 0. The van der Waals surface area contributed by atoms with E-state index < -0.39 is 0 Å². The number of rotatable bonds is 5. The van der Waals surface area contributed by atoms with E-state index in [9.17, 15) is 0 Å². The predicted octanol–water partition coefficient (Wildman–Crippen LogP) is 3.23. The Balaban J connectivity index is 0. The third-order valence-electron chi connectivity index (χ3n) is 1.34. The maximum atomic E-state index is 4.80. The summed E-state index contributed by atoms with van der Waals surface area (Å²) in [6, 6.07) is 0. The fraction of sp³-hybridized carbons (Fsp3) is 1.00. The van der Waals surface area contributed by atoms with Crippen molar-refractivity contribution < 1.29 is 9.78 Å². The van der Waals surface area contributed by atoms with Gasteiger partial charge < -0.3 is 0 Å². The van der Waals surface area contributed by atoms with Gasteiger partial charge in [0, 0.05) is 0 Å². The fourth-order valence-corrected chi connectivity index (χ4v) is 1.06. The van der Waals surface area contributed by atoms with Crippen LogP contribution in [0.25, 0.3) is 0 Å². The van der Waals surface area contributed by atoms with Crippen molar-refractivity contribution in [2.75, 3.05) is 26.2 Å². The van der Waals surface area contributed by atoms with Crippen LogP contribution < -0.4 is 0 Å². The summed E-state index contributed by atoms with van der Waals surface area (Å²) >= 11 is 1.75. The number of thioether (sulfide) groups is 1. The largest absolute Gasteiger partial charge is 0.240 e. The van der Waals surface area contributed by atoms with Crippen molar-refractivity contribution in [3.05, 3.63) is 0 Å². The maximum Gasteiger partial charge on any atom is 0.0847 e. The predicted molar refractivity (Wildman–Crippen MR) is 61.0 cm³/mol. The van der Waals surface area contributed by atoms with E-state index in [-0.39, 0.29) is 0 Å². The van der Waals surface area contributed by atoms with E-state index in [0.717, 1.165) is 5.92 Å². The molecule has 0 aromatic carbocycles. The van der Waals surface area contributed by atoms with Gasteiger partial charge in [0.1, 0.15) is 0 Å². The van der Waals surface area contributed by atoms with Crippen LogP contribution in [0.1, 0.15) is 27.2 Å². The highest BCUT2D eigenvalue weighted by atomic mass is 32.2. The lowest BCUT2D eigenvalue weighted by atomic mass is 10.0. The lowest BCUT2D eigenvalue weighted by molar-refractivity contribution is -0.279. The number of hydrogen-bond donors (Lipinski definition) is 0. The molecule has 0 spiro atoms. The van der Waals surface area contributed by atoms with Crippen LogP contribution in [0.2, 0.25) is 0 Å².